The molecule has 1 aliphatic carbocycles. The van der Waals surface area contributed by atoms with E-state index in [1.54, 1.807) is 19.2 Å². The normalized spacial score (nSPS) is 28.9. The second kappa shape index (κ2) is 8.53. The molecule has 2 aromatic carbocycles. The Kier molecular flexibility index (Phi) is 6.45. The fourth-order valence-corrected chi connectivity index (χ4v) is 4.04. The van der Waals surface area contributed by atoms with E-state index in [9.17, 15) is 29.2 Å². The first kappa shape index (κ1) is 21.9. The number of rotatable bonds is 5. The standard InChI is InChI=1S/C21H23ClF2O5/c1-29-14-5-2-11(3-6-14)8-13-9-12(4-7-16(13)22)17-19(27)20(28)18(26)15(10-25)21(17,23)24/h2-7,9,15,17-20,25-28H,8,10H2,1H3/t15-,17+,18-,19+,20+/m1/s1. The molecule has 0 amide bonds. The monoisotopic (exact) mass is 428 g/mol. The van der Waals surface area contributed by atoms with Crippen molar-refractivity contribution in [3.63, 3.8) is 0 Å². The molecule has 0 aliphatic heterocycles. The van der Waals surface area contributed by atoms with Crippen LogP contribution >= 0.6 is 11.6 Å². The van der Waals surface area contributed by atoms with E-state index in [4.69, 9.17) is 16.3 Å². The predicted octanol–water partition coefficient (Wildman–Crippen LogP) is 2.36. The van der Waals surface area contributed by atoms with Gasteiger partial charge in [-0.1, -0.05) is 35.9 Å². The van der Waals surface area contributed by atoms with Crippen molar-refractivity contribution in [3.05, 3.63) is 64.2 Å². The van der Waals surface area contributed by atoms with E-state index in [0.717, 1.165) is 5.56 Å². The van der Waals surface area contributed by atoms with Gasteiger partial charge in [0.25, 0.3) is 5.92 Å². The zero-order valence-corrected chi connectivity index (χ0v) is 16.4. The summed E-state index contributed by atoms with van der Waals surface area (Å²) < 4.78 is 35.1. The van der Waals surface area contributed by atoms with Crippen LogP contribution in [0.1, 0.15) is 22.6 Å². The van der Waals surface area contributed by atoms with Crippen molar-refractivity contribution in [1.82, 2.24) is 0 Å². The second-order valence-electron chi connectivity index (χ2n) is 7.29. The van der Waals surface area contributed by atoms with Crippen molar-refractivity contribution in [1.29, 1.82) is 0 Å². The van der Waals surface area contributed by atoms with Gasteiger partial charge in [0.15, 0.2) is 0 Å². The van der Waals surface area contributed by atoms with Crippen LogP contribution in [0.4, 0.5) is 8.78 Å². The quantitative estimate of drug-likeness (QED) is 0.587. The molecule has 5 nitrogen and oxygen atoms in total. The van der Waals surface area contributed by atoms with Gasteiger partial charge in [-0.2, -0.15) is 0 Å². The highest BCUT2D eigenvalue weighted by molar-refractivity contribution is 6.31. The van der Waals surface area contributed by atoms with E-state index < -0.39 is 42.7 Å². The van der Waals surface area contributed by atoms with Crippen molar-refractivity contribution >= 4 is 11.6 Å². The minimum atomic E-state index is -3.64. The molecule has 0 spiro atoms. The molecule has 0 saturated heterocycles. The lowest BCUT2D eigenvalue weighted by Gasteiger charge is -2.45. The third kappa shape index (κ3) is 4.11. The van der Waals surface area contributed by atoms with Crippen molar-refractivity contribution in [3.8, 4) is 5.75 Å². The van der Waals surface area contributed by atoms with Crippen LogP contribution in [0.25, 0.3) is 0 Å². The average Bonchev–Trinajstić information content (AvgIpc) is 2.69. The number of aliphatic hydroxyl groups excluding tert-OH is 4. The van der Waals surface area contributed by atoms with Gasteiger partial charge in [-0.25, -0.2) is 8.78 Å². The van der Waals surface area contributed by atoms with E-state index >= 15 is 0 Å². The Balaban J connectivity index is 1.96. The number of hydrogen-bond donors (Lipinski definition) is 4. The molecular formula is C21H23ClF2O5. The molecule has 2 aromatic rings. The highest BCUT2D eigenvalue weighted by Crippen LogP contribution is 2.48. The van der Waals surface area contributed by atoms with Crippen LogP contribution in [-0.4, -0.2) is 58.4 Å². The van der Waals surface area contributed by atoms with Crippen LogP contribution in [0.2, 0.25) is 5.02 Å². The summed E-state index contributed by atoms with van der Waals surface area (Å²) >= 11 is 6.25. The van der Waals surface area contributed by atoms with E-state index in [-0.39, 0.29) is 5.56 Å². The molecule has 1 saturated carbocycles. The summed E-state index contributed by atoms with van der Waals surface area (Å²) in [6.07, 6.45) is -5.29. The van der Waals surface area contributed by atoms with Crippen LogP contribution in [0, 0.1) is 5.92 Å². The number of methoxy groups -OCH3 is 1. The largest absolute Gasteiger partial charge is 0.497 e. The lowest BCUT2D eigenvalue weighted by atomic mass is 9.70. The van der Waals surface area contributed by atoms with Gasteiger partial charge in [0, 0.05) is 5.02 Å². The molecule has 8 heteroatoms. The van der Waals surface area contributed by atoms with E-state index in [1.165, 1.54) is 18.2 Å². The third-order valence-corrected chi connectivity index (χ3v) is 5.91. The summed E-state index contributed by atoms with van der Waals surface area (Å²) in [5.41, 5.74) is 1.52. The summed E-state index contributed by atoms with van der Waals surface area (Å²) in [5.74, 6) is -6.66. The summed E-state index contributed by atoms with van der Waals surface area (Å²) in [7, 11) is 1.55. The van der Waals surface area contributed by atoms with Gasteiger partial charge in [0.2, 0.25) is 0 Å². The second-order valence-corrected chi connectivity index (χ2v) is 7.70. The smallest absolute Gasteiger partial charge is 0.264 e. The predicted molar refractivity (Wildman–Crippen MR) is 104 cm³/mol. The Labute approximate surface area is 172 Å². The summed E-state index contributed by atoms with van der Waals surface area (Å²) in [6.45, 7) is -1.03. The molecule has 0 aromatic heterocycles. The van der Waals surface area contributed by atoms with Gasteiger partial charge in [0.05, 0.1) is 37.8 Å². The summed E-state index contributed by atoms with van der Waals surface area (Å²) in [6, 6.07) is 11.5. The topological polar surface area (TPSA) is 90.2 Å². The third-order valence-electron chi connectivity index (χ3n) is 5.54. The molecule has 1 fully saturated rings. The molecule has 3 rings (SSSR count). The molecule has 0 bridgehead atoms. The first-order chi connectivity index (χ1) is 13.7. The minimum Gasteiger partial charge on any atom is -0.497 e. The maximum atomic E-state index is 15.0. The van der Waals surface area contributed by atoms with Gasteiger partial charge in [0.1, 0.15) is 11.9 Å². The van der Waals surface area contributed by atoms with Gasteiger partial charge < -0.3 is 25.2 Å². The maximum Gasteiger partial charge on any atom is 0.264 e. The maximum absolute atomic E-state index is 15.0. The first-order valence-electron chi connectivity index (χ1n) is 9.14. The van der Waals surface area contributed by atoms with Crippen LogP contribution in [-0.2, 0) is 6.42 Å². The molecule has 29 heavy (non-hydrogen) atoms. The number of ether oxygens (including phenoxy) is 1. The summed E-state index contributed by atoms with van der Waals surface area (Å²) in [5, 5.41) is 39.9. The fourth-order valence-electron chi connectivity index (χ4n) is 3.86. The number of halogens is 3. The minimum absolute atomic E-state index is 0.0693. The van der Waals surface area contributed by atoms with Crippen LogP contribution < -0.4 is 4.74 Å². The summed E-state index contributed by atoms with van der Waals surface area (Å²) in [4.78, 5) is 0. The Morgan fingerprint density at radius 1 is 1.00 bits per heavy atom. The molecule has 0 heterocycles. The molecular weight excluding hydrogens is 406 g/mol. The van der Waals surface area contributed by atoms with Gasteiger partial charge in [-0.15, -0.1) is 0 Å². The molecule has 0 unspecified atom stereocenters. The zero-order chi connectivity index (χ0) is 21.3. The average molecular weight is 429 g/mol. The van der Waals surface area contributed by atoms with Crippen LogP contribution in [0.3, 0.4) is 0 Å². The van der Waals surface area contributed by atoms with Crippen LogP contribution in [0.15, 0.2) is 42.5 Å². The van der Waals surface area contributed by atoms with Gasteiger partial charge >= 0.3 is 0 Å². The number of hydrogen-bond acceptors (Lipinski definition) is 5. The zero-order valence-electron chi connectivity index (χ0n) is 15.7. The molecule has 0 radical (unpaired) electrons. The first-order valence-corrected chi connectivity index (χ1v) is 9.52. The number of aliphatic hydroxyl groups is 4. The van der Waals surface area contributed by atoms with E-state index in [1.807, 2.05) is 12.1 Å². The fraction of sp³-hybridized carbons (Fsp3) is 0.429. The Morgan fingerprint density at radius 3 is 2.24 bits per heavy atom. The van der Waals surface area contributed by atoms with Crippen molar-refractivity contribution < 1.29 is 33.9 Å². The Morgan fingerprint density at radius 2 is 1.66 bits per heavy atom. The molecule has 5 atom stereocenters. The van der Waals surface area contributed by atoms with Crippen LogP contribution in [0.5, 0.6) is 5.75 Å². The number of benzene rings is 2. The Bertz CT molecular complexity index is 845. The van der Waals surface area contributed by atoms with Gasteiger partial charge in [-0.05, 0) is 41.3 Å². The highest BCUT2D eigenvalue weighted by Gasteiger charge is 2.60. The Hall–Kier alpha value is -1.77. The van der Waals surface area contributed by atoms with Crippen molar-refractivity contribution in [2.75, 3.05) is 13.7 Å². The SMILES string of the molecule is COc1ccc(Cc2cc([C@H]3[C@H](O)[C@@H](O)[C@H](O)[C@@H](CO)C3(F)F)ccc2Cl)cc1. The molecule has 158 valence electrons. The van der Waals surface area contributed by atoms with Gasteiger partial charge in [-0.3, -0.25) is 0 Å². The van der Waals surface area contributed by atoms with E-state index in [0.29, 0.717) is 22.8 Å². The van der Waals surface area contributed by atoms with E-state index in [2.05, 4.69) is 0 Å². The molecule has 1 aliphatic rings. The van der Waals surface area contributed by atoms with Crippen molar-refractivity contribution in [2.45, 2.75) is 36.6 Å². The number of alkyl halides is 2. The highest BCUT2D eigenvalue weighted by atomic mass is 35.5. The lowest BCUT2D eigenvalue weighted by molar-refractivity contribution is -0.232. The van der Waals surface area contributed by atoms with Crippen molar-refractivity contribution in [2.24, 2.45) is 5.92 Å². The lowest BCUT2D eigenvalue weighted by Crippen LogP contribution is -2.61. The molecule has 4 N–H and O–H groups in total.